The van der Waals surface area contributed by atoms with Gasteiger partial charge in [-0.05, 0) is 95.3 Å². The van der Waals surface area contributed by atoms with Crippen LogP contribution in [0.4, 0.5) is 17.1 Å². The van der Waals surface area contributed by atoms with Crippen molar-refractivity contribution in [2.75, 3.05) is 4.90 Å². The SMILES string of the molecule is CC1(C)c2ccccc2-c2ccc(N(c3ccccc3)c3ccc4c(c3)oc3c5c(c(-n6c7ccccc7c7ccccc76)cc34)CCC=C5)cc21. The van der Waals surface area contributed by atoms with Crippen LogP contribution in [-0.4, -0.2) is 4.57 Å². The van der Waals surface area contributed by atoms with Crippen LogP contribution in [0.25, 0.3) is 66.6 Å². The molecule has 9 aromatic rings. The largest absolute Gasteiger partial charge is 0.455 e. The second-order valence-electron chi connectivity index (χ2n) is 14.8. The van der Waals surface area contributed by atoms with Crippen molar-refractivity contribution >= 4 is 66.9 Å². The van der Waals surface area contributed by atoms with Crippen LogP contribution in [0.15, 0.2) is 156 Å². The molecule has 2 aliphatic carbocycles. The van der Waals surface area contributed by atoms with E-state index in [9.17, 15) is 0 Å². The van der Waals surface area contributed by atoms with Crippen LogP contribution in [0.5, 0.6) is 0 Å². The number of aromatic nitrogens is 1. The maximum absolute atomic E-state index is 6.92. The van der Waals surface area contributed by atoms with E-state index in [0.717, 1.165) is 51.8 Å². The molecule has 0 saturated carbocycles. The Balaban J connectivity index is 1.12. The highest BCUT2D eigenvalue weighted by Crippen LogP contribution is 2.51. The van der Waals surface area contributed by atoms with Gasteiger partial charge >= 0.3 is 0 Å². The summed E-state index contributed by atoms with van der Waals surface area (Å²) < 4.78 is 9.40. The monoisotopic (exact) mass is 668 g/mol. The molecule has 248 valence electrons. The average Bonchev–Trinajstić information content (AvgIpc) is 3.80. The Labute approximate surface area is 302 Å². The fraction of sp³-hybridized carbons (Fsp3) is 0.102. The molecule has 2 aromatic heterocycles. The second kappa shape index (κ2) is 10.8. The third kappa shape index (κ3) is 4.08. The molecule has 3 heteroatoms. The highest BCUT2D eigenvalue weighted by molar-refractivity contribution is 6.12. The Kier molecular flexibility index (Phi) is 6.13. The molecule has 0 fully saturated rings. The summed E-state index contributed by atoms with van der Waals surface area (Å²) in [6.45, 7) is 4.69. The molecule has 0 saturated heterocycles. The van der Waals surface area contributed by atoms with E-state index in [1.54, 1.807) is 0 Å². The van der Waals surface area contributed by atoms with Gasteiger partial charge in [-0.1, -0.05) is 111 Å². The summed E-state index contributed by atoms with van der Waals surface area (Å²) in [5.41, 5.74) is 16.7. The minimum Gasteiger partial charge on any atom is -0.455 e. The van der Waals surface area contributed by atoms with Gasteiger partial charge in [0.15, 0.2) is 0 Å². The van der Waals surface area contributed by atoms with E-state index in [4.69, 9.17) is 4.42 Å². The van der Waals surface area contributed by atoms with Crippen molar-refractivity contribution in [3.8, 4) is 16.8 Å². The number of hydrogen-bond donors (Lipinski definition) is 0. The Morgan fingerprint density at radius 3 is 2.06 bits per heavy atom. The van der Waals surface area contributed by atoms with Gasteiger partial charge in [0.05, 0.1) is 16.7 Å². The number of fused-ring (bicyclic) bond motifs is 11. The van der Waals surface area contributed by atoms with Crippen molar-refractivity contribution in [3.63, 3.8) is 0 Å². The molecule has 52 heavy (non-hydrogen) atoms. The first-order chi connectivity index (χ1) is 25.6. The van der Waals surface area contributed by atoms with Crippen LogP contribution in [0.2, 0.25) is 0 Å². The number of hydrogen-bond acceptors (Lipinski definition) is 2. The van der Waals surface area contributed by atoms with E-state index < -0.39 is 0 Å². The quantitative estimate of drug-likeness (QED) is 0.186. The second-order valence-corrected chi connectivity index (χ2v) is 14.8. The fourth-order valence-electron chi connectivity index (χ4n) is 9.19. The van der Waals surface area contributed by atoms with E-state index in [0.29, 0.717) is 0 Å². The number of rotatable bonds is 4. The van der Waals surface area contributed by atoms with Crippen LogP contribution >= 0.6 is 0 Å². The summed E-state index contributed by atoms with van der Waals surface area (Å²) in [7, 11) is 0. The molecule has 0 radical (unpaired) electrons. The third-order valence-corrected chi connectivity index (χ3v) is 11.6. The standard InChI is InChI=1S/C49H36N2O/c1-49(2)42-21-11-8-16-34(42)35-26-24-32(28-43(35)49)50(31-14-4-3-5-15-31)33-25-27-39-41-30-46(38-19-6-7-20-40(38)48(41)52-47(39)29-33)51-44-22-12-9-17-36(44)37-18-10-13-23-45(37)51/h3-5,7-18,20-30H,6,19H2,1-2H3. The molecule has 0 amide bonds. The zero-order chi connectivity index (χ0) is 34.6. The Hall–Kier alpha value is -6.32. The summed E-state index contributed by atoms with van der Waals surface area (Å²) in [6, 6.07) is 53.2. The Morgan fingerprint density at radius 1 is 0.577 bits per heavy atom. The Bertz CT molecular complexity index is 2890. The van der Waals surface area contributed by atoms with Crippen molar-refractivity contribution in [1.29, 1.82) is 0 Å². The summed E-state index contributed by atoms with van der Waals surface area (Å²) in [6.07, 6.45) is 6.56. The number of para-hydroxylation sites is 3. The van der Waals surface area contributed by atoms with E-state index in [1.165, 1.54) is 60.9 Å². The van der Waals surface area contributed by atoms with Crippen LogP contribution in [0, 0.1) is 0 Å². The van der Waals surface area contributed by atoms with Crippen molar-refractivity contribution < 1.29 is 4.42 Å². The van der Waals surface area contributed by atoms with Crippen molar-refractivity contribution in [3.05, 3.63) is 174 Å². The predicted molar refractivity (Wildman–Crippen MR) is 218 cm³/mol. The zero-order valence-corrected chi connectivity index (χ0v) is 29.2. The minimum atomic E-state index is -0.0896. The van der Waals surface area contributed by atoms with E-state index in [-0.39, 0.29) is 5.41 Å². The van der Waals surface area contributed by atoms with Crippen LogP contribution < -0.4 is 4.90 Å². The highest BCUT2D eigenvalue weighted by atomic mass is 16.3. The topological polar surface area (TPSA) is 21.3 Å². The van der Waals surface area contributed by atoms with Gasteiger partial charge in [0.1, 0.15) is 11.2 Å². The Morgan fingerprint density at radius 2 is 1.25 bits per heavy atom. The fourth-order valence-corrected chi connectivity index (χ4v) is 9.19. The molecule has 0 unspecified atom stereocenters. The lowest BCUT2D eigenvalue weighted by Crippen LogP contribution is -2.16. The first-order valence-corrected chi connectivity index (χ1v) is 18.3. The average molecular weight is 669 g/mol. The molecule has 0 N–H and O–H groups in total. The molecule has 0 spiro atoms. The summed E-state index contributed by atoms with van der Waals surface area (Å²) in [5, 5.41) is 4.83. The van der Waals surface area contributed by atoms with Crippen molar-refractivity contribution in [2.24, 2.45) is 0 Å². The number of allylic oxidation sites excluding steroid dienone is 1. The summed E-state index contributed by atoms with van der Waals surface area (Å²) in [5.74, 6) is 0. The number of anilines is 3. The molecule has 11 rings (SSSR count). The molecular formula is C49H36N2O. The molecule has 2 heterocycles. The molecule has 7 aromatic carbocycles. The molecule has 3 nitrogen and oxygen atoms in total. The lowest BCUT2D eigenvalue weighted by molar-refractivity contribution is 0.660. The van der Waals surface area contributed by atoms with Crippen LogP contribution in [0.3, 0.4) is 0 Å². The van der Waals surface area contributed by atoms with Gasteiger partial charge in [-0.3, -0.25) is 0 Å². The molecule has 0 aliphatic heterocycles. The van der Waals surface area contributed by atoms with E-state index in [1.807, 2.05) is 0 Å². The summed E-state index contributed by atoms with van der Waals surface area (Å²) in [4.78, 5) is 2.37. The molecule has 0 bridgehead atoms. The van der Waals surface area contributed by atoms with E-state index in [2.05, 4.69) is 181 Å². The van der Waals surface area contributed by atoms with Gasteiger partial charge in [0.25, 0.3) is 0 Å². The van der Waals surface area contributed by atoms with Gasteiger partial charge in [-0.2, -0.15) is 0 Å². The van der Waals surface area contributed by atoms with Gasteiger partial charge in [0, 0.05) is 55.7 Å². The van der Waals surface area contributed by atoms with Crippen LogP contribution in [-0.2, 0) is 11.8 Å². The zero-order valence-electron chi connectivity index (χ0n) is 29.2. The first-order valence-electron chi connectivity index (χ1n) is 18.3. The van der Waals surface area contributed by atoms with Crippen LogP contribution in [0.1, 0.15) is 42.5 Å². The molecule has 0 atom stereocenters. The molecule has 2 aliphatic rings. The van der Waals surface area contributed by atoms with E-state index >= 15 is 0 Å². The minimum absolute atomic E-state index is 0.0896. The smallest absolute Gasteiger partial charge is 0.143 e. The maximum Gasteiger partial charge on any atom is 0.143 e. The number of furan rings is 1. The summed E-state index contributed by atoms with van der Waals surface area (Å²) >= 11 is 0. The third-order valence-electron chi connectivity index (χ3n) is 11.6. The van der Waals surface area contributed by atoms with Gasteiger partial charge in [-0.15, -0.1) is 0 Å². The van der Waals surface area contributed by atoms with Crippen molar-refractivity contribution in [2.45, 2.75) is 32.1 Å². The lowest BCUT2D eigenvalue weighted by Gasteiger charge is -2.28. The number of benzene rings is 7. The lowest BCUT2D eigenvalue weighted by atomic mass is 9.82. The predicted octanol–water partition coefficient (Wildman–Crippen LogP) is 13.4. The maximum atomic E-state index is 6.92. The molecular weight excluding hydrogens is 633 g/mol. The van der Waals surface area contributed by atoms with Gasteiger partial charge < -0.3 is 13.9 Å². The number of nitrogens with zero attached hydrogens (tertiary/aromatic N) is 2. The first kappa shape index (κ1) is 29.4. The van der Waals surface area contributed by atoms with Crippen molar-refractivity contribution in [1.82, 2.24) is 4.57 Å². The van der Waals surface area contributed by atoms with Gasteiger partial charge in [-0.25, -0.2) is 0 Å². The highest BCUT2D eigenvalue weighted by Gasteiger charge is 2.36. The van der Waals surface area contributed by atoms with Gasteiger partial charge in [0.2, 0.25) is 0 Å². The normalized spacial score (nSPS) is 14.3.